The van der Waals surface area contributed by atoms with Crippen LogP contribution in [-0.2, 0) is 4.74 Å². The molecular formula is C10H13NO3. The first-order valence-corrected chi connectivity index (χ1v) is 4.78. The second kappa shape index (κ2) is 4.28. The lowest BCUT2D eigenvalue weighted by molar-refractivity contribution is 0.0857. The summed E-state index contributed by atoms with van der Waals surface area (Å²) in [6.07, 6.45) is 5.23. The number of nitrogens with one attached hydrogen (secondary N) is 1. The number of rotatable bonds is 3. The van der Waals surface area contributed by atoms with Crippen molar-refractivity contribution >= 4 is 5.91 Å². The monoisotopic (exact) mass is 195 g/mol. The number of ether oxygens (including phenoxy) is 1. The predicted octanol–water partition coefficient (Wildman–Crippen LogP) is 1.19. The molecule has 2 rings (SSSR count). The van der Waals surface area contributed by atoms with Gasteiger partial charge in [0.1, 0.15) is 6.26 Å². The molecule has 1 aromatic heterocycles. The number of carbonyl (C=O) groups excluding carboxylic acids is 1. The standard InChI is InChI=1S/C10H13NO3/c12-10(8-3-5-13-7-8)11-6-9-2-1-4-14-9/h3,5,7,9H,1-2,4,6H2,(H,11,12). The maximum atomic E-state index is 11.4. The fraction of sp³-hybridized carbons (Fsp3) is 0.500. The van der Waals surface area contributed by atoms with Crippen LogP contribution in [0.5, 0.6) is 0 Å². The molecule has 1 aliphatic heterocycles. The molecule has 4 heteroatoms. The zero-order valence-electron chi connectivity index (χ0n) is 7.86. The fourth-order valence-corrected chi connectivity index (χ4v) is 1.51. The van der Waals surface area contributed by atoms with Gasteiger partial charge in [-0.05, 0) is 18.9 Å². The number of hydrogen-bond donors (Lipinski definition) is 1. The molecule has 0 radical (unpaired) electrons. The smallest absolute Gasteiger partial charge is 0.254 e. The van der Waals surface area contributed by atoms with Crippen molar-refractivity contribution in [1.82, 2.24) is 5.32 Å². The number of amides is 1. The number of furan rings is 1. The maximum Gasteiger partial charge on any atom is 0.254 e. The summed E-state index contributed by atoms with van der Waals surface area (Å²) in [5.74, 6) is -0.103. The average molecular weight is 195 g/mol. The van der Waals surface area contributed by atoms with Crippen molar-refractivity contribution in [3.05, 3.63) is 24.2 Å². The molecule has 1 N–H and O–H groups in total. The third-order valence-corrected chi connectivity index (χ3v) is 2.30. The molecule has 1 amide bonds. The minimum Gasteiger partial charge on any atom is -0.472 e. The van der Waals surface area contributed by atoms with Crippen LogP contribution in [0.3, 0.4) is 0 Å². The Balaban J connectivity index is 1.78. The highest BCUT2D eigenvalue weighted by molar-refractivity contribution is 5.93. The lowest BCUT2D eigenvalue weighted by atomic mass is 10.2. The van der Waals surface area contributed by atoms with Gasteiger partial charge in [-0.15, -0.1) is 0 Å². The van der Waals surface area contributed by atoms with E-state index in [-0.39, 0.29) is 12.0 Å². The Labute approximate surface area is 82.2 Å². The summed E-state index contributed by atoms with van der Waals surface area (Å²) in [4.78, 5) is 11.4. The van der Waals surface area contributed by atoms with Gasteiger partial charge < -0.3 is 14.5 Å². The van der Waals surface area contributed by atoms with Gasteiger partial charge in [0.05, 0.1) is 17.9 Å². The van der Waals surface area contributed by atoms with Gasteiger partial charge in [-0.3, -0.25) is 4.79 Å². The van der Waals surface area contributed by atoms with Gasteiger partial charge in [0, 0.05) is 13.2 Å². The molecule has 2 heterocycles. The van der Waals surface area contributed by atoms with Crippen molar-refractivity contribution in [2.45, 2.75) is 18.9 Å². The van der Waals surface area contributed by atoms with Gasteiger partial charge in [-0.1, -0.05) is 0 Å². The van der Waals surface area contributed by atoms with Crippen molar-refractivity contribution in [3.8, 4) is 0 Å². The van der Waals surface area contributed by atoms with E-state index in [1.807, 2.05) is 0 Å². The lowest BCUT2D eigenvalue weighted by Crippen LogP contribution is -2.31. The molecule has 1 saturated heterocycles. The predicted molar refractivity (Wildman–Crippen MR) is 50.0 cm³/mol. The summed E-state index contributed by atoms with van der Waals surface area (Å²) >= 11 is 0. The molecule has 14 heavy (non-hydrogen) atoms. The summed E-state index contributed by atoms with van der Waals surface area (Å²) in [5, 5.41) is 2.80. The molecule has 0 spiro atoms. The van der Waals surface area contributed by atoms with Crippen molar-refractivity contribution < 1.29 is 13.9 Å². The number of hydrogen-bond acceptors (Lipinski definition) is 3. The van der Waals surface area contributed by atoms with E-state index < -0.39 is 0 Å². The Bertz CT molecular complexity index is 288. The Kier molecular flexibility index (Phi) is 2.84. The maximum absolute atomic E-state index is 11.4. The van der Waals surface area contributed by atoms with Crippen LogP contribution in [0.2, 0.25) is 0 Å². The van der Waals surface area contributed by atoms with Gasteiger partial charge >= 0.3 is 0 Å². The zero-order valence-corrected chi connectivity index (χ0v) is 7.86. The molecule has 0 bridgehead atoms. The van der Waals surface area contributed by atoms with Crippen LogP contribution in [0.25, 0.3) is 0 Å². The molecule has 4 nitrogen and oxygen atoms in total. The second-order valence-electron chi connectivity index (χ2n) is 3.36. The van der Waals surface area contributed by atoms with Gasteiger partial charge in [-0.25, -0.2) is 0 Å². The van der Waals surface area contributed by atoms with Crippen molar-refractivity contribution in [2.75, 3.05) is 13.2 Å². The zero-order chi connectivity index (χ0) is 9.80. The first-order valence-electron chi connectivity index (χ1n) is 4.78. The molecule has 76 valence electrons. The summed E-state index contributed by atoms with van der Waals surface area (Å²) in [6, 6.07) is 1.64. The van der Waals surface area contributed by atoms with Crippen LogP contribution < -0.4 is 5.32 Å². The highest BCUT2D eigenvalue weighted by atomic mass is 16.5. The van der Waals surface area contributed by atoms with Crippen molar-refractivity contribution in [2.24, 2.45) is 0 Å². The van der Waals surface area contributed by atoms with E-state index in [1.165, 1.54) is 12.5 Å². The highest BCUT2D eigenvalue weighted by Crippen LogP contribution is 2.10. The molecule has 0 aromatic carbocycles. The van der Waals surface area contributed by atoms with Gasteiger partial charge in [0.2, 0.25) is 0 Å². The second-order valence-corrected chi connectivity index (χ2v) is 3.36. The third kappa shape index (κ3) is 2.14. The van der Waals surface area contributed by atoms with Crippen molar-refractivity contribution in [3.63, 3.8) is 0 Å². The van der Waals surface area contributed by atoms with E-state index in [9.17, 15) is 4.79 Å². The Morgan fingerprint density at radius 3 is 3.21 bits per heavy atom. The molecule has 1 aliphatic rings. The van der Waals surface area contributed by atoms with E-state index in [0.717, 1.165) is 19.4 Å². The quantitative estimate of drug-likeness (QED) is 0.788. The Morgan fingerprint density at radius 1 is 1.64 bits per heavy atom. The topological polar surface area (TPSA) is 51.5 Å². The third-order valence-electron chi connectivity index (χ3n) is 2.30. The minimum atomic E-state index is -0.103. The molecule has 0 aliphatic carbocycles. The lowest BCUT2D eigenvalue weighted by Gasteiger charge is -2.09. The Morgan fingerprint density at radius 2 is 2.57 bits per heavy atom. The van der Waals surface area contributed by atoms with E-state index in [4.69, 9.17) is 9.15 Å². The molecule has 0 saturated carbocycles. The molecule has 1 fully saturated rings. The first kappa shape index (κ1) is 9.27. The highest BCUT2D eigenvalue weighted by Gasteiger charge is 2.16. The van der Waals surface area contributed by atoms with Crippen molar-refractivity contribution in [1.29, 1.82) is 0 Å². The Hall–Kier alpha value is -1.29. The van der Waals surface area contributed by atoms with Crippen LogP contribution in [0.15, 0.2) is 23.0 Å². The van der Waals surface area contributed by atoms with Crippen LogP contribution in [0.1, 0.15) is 23.2 Å². The van der Waals surface area contributed by atoms with Gasteiger partial charge in [0.25, 0.3) is 5.91 Å². The van der Waals surface area contributed by atoms with E-state index in [1.54, 1.807) is 6.07 Å². The molecular weight excluding hydrogens is 182 g/mol. The minimum absolute atomic E-state index is 0.103. The molecule has 1 aromatic rings. The van der Waals surface area contributed by atoms with E-state index >= 15 is 0 Å². The normalized spacial score (nSPS) is 21.0. The van der Waals surface area contributed by atoms with Crippen LogP contribution >= 0.6 is 0 Å². The largest absolute Gasteiger partial charge is 0.472 e. The number of carbonyl (C=O) groups is 1. The summed E-state index contributed by atoms with van der Waals surface area (Å²) in [7, 11) is 0. The van der Waals surface area contributed by atoms with Crippen LogP contribution in [-0.4, -0.2) is 25.2 Å². The summed E-state index contributed by atoms with van der Waals surface area (Å²) in [5.41, 5.74) is 0.558. The molecule has 1 unspecified atom stereocenters. The first-order chi connectivity index (χ1) is 6.86. The summed E-state index contributed by atoms with van der Waals surface area (Å²) < 4.78 is 10.2. The average Bonchev–Trinajstić information content (AvgIpc) is 2.87. The van der Waals surface area contributed by atoms with Crippen LogP contribution in [0, 0.1) is 0 Å². The van der Waals surface area contributed by atoms with E-state index in [0.29, 0.717) is 12.1 Å². The fourth-order valence-electron chi connectivity index (χ4n) is 1.51. The van der Waals surface area contributed by atoms with E-state index in [2.05, 4.69) is 5.32 Å². The molecule has 1 atom stereocenters. The summed E-state index contributed by atoms with van der Waals surface area (Å²) in [6.45, 7) is 1.40. The van der Waals surface area contributed by atoms with Gasteiger partial charge in [0.15, 0.2) is 0 Å². The SMILES string of the molecule is O=C(NCC1CCCO1)c1ccoc1. The van der Waals surface area contributed by atoms with Crippen LogP contribution in [0.4, 0.5) is 0 Å². The van der Waals surface area contributed by atoms with Gasteiger partial charge in [-0.2, -0.15) is 0 Å².